The van der Waals surface area contributed by atoms with E-state index in [4.69, 9.17) is 5.53 Å². The fourth-order valence-electron chi connectivity index (χ4n) is 2.61. The molecule has 0 aliphatic carbocycles. The van der Waals surface area contributed by atoms with Gasteiger partial charge in [-0.3, -0.25) is 4.79 Å². The molecule has 1 aromatic rings. The third kappa shape index (κ3) is 1.71. The second-order valence-corrected chi connectivity index (χ2v) is 4.52. The fraction of sp³-hybridized carbons (Fsp3) is 0.333. The topological polar surface area (TPSA) is 89.4 Å². The average molecular weight is 257 g/mol. The van der Waals surface area contributed by atoms with Gasteiger partial charge in [-0.05, 0) is 30.5 Å². The van der Waals surface area contributed by atoms with Gasteiger partial charge in [0.2, 0.25) is 0 Å². The summed E-state index contributed by atoms with van der Waals surface area (Å²) in [6, 6.07) is 5.87. The molecule has 0 spiro atoms. The number of hydrogen-bond acceptors (Lipinski definition) is 3. The van der Waals surface area contributed by atoms with Crippen molar-refractivity contribution in [3.8, 4) is 0 Å². The number of rotatable bonds is 2. The lowest BCUT2D eigenvalue weighted by Gasteiger charge is -2.15. The van der Waals surface area contributed by atoms with Crippen LogP contribution in [0.1, 0.15) is 12.8 Å². The standard InChI is InChI=1S/C12H11N5O2/c13-15-14-8-3-1-4-9(7-8)17-11(18)10-5-2-6-16(10)12(17)19/h1,3-4,7,10H,2,5-6H2. The van der Waals surface area contributed by atoms with Crippen molar-refractivity contribution >= 4 is 23.3 Å². The number of benzene rings is 1. The maximum Gasteiger partial charge on any atom is 0.332 e. The minimum Gasteiger partial charge on any atom is -0.312 e. The predicted octanol–water partition coefficient (Wildman–Crippen LogP) is 2.56. The summed E-state index contributed by atoms with van der Waals surface area (Å²) < 4.78 is 0. The summed E-state index contributed by atoms with van der Waals surface area (Å²) in [6.07, 6.45) is 1.59. The highest BCUT2D eigenvalue weighted by atomic mass is 16.2. The van der Waals surface area contributed by atoms with E-state index >= 15 is 0 Å². The van der Waals surface area contributed by atoms with Crippen LogP contribution in [0, 0.1) is 0 Å². The van der Waals surface area contributed by atoms with E-state index in [2.05, 4.69) is 10.0 Å². The molecule has 3 amide bonds. The van der Waals surface area contributed by atoms with Gasteiger partial charge in [0.05, 0.1) is 5.69 Å². The molecular weight excluding hydrogens is 246 g/mol. The number of azide groups is 1. The van der Waals surface area contributed by atoms with Crippen LogP contribution in [-0.4, -0.2) is 29.4 Å². The Labute approximate surface area is 109 Å². The zero-order valence-electron chi connectivity index (χ0n) is 10.1. The molecule has 19 heavy (non-hydrogen) atoms. The number of carbonyl (C=O) groups is 2. The van der Waals surface area contributed by atoms with Crippen LogP contribution in [0.4, 0.5) is 16.2 Å². The van der Waals surface area contributed by atoms with Gasteiger partial charge < -0.3 is 4.90 Å². The van der Waals surface area contributed by atoms with Gasteiger partial charge in [-0.25, -0.2) is 9.69 Å². The Hall–Kier alpha value is -2.53. The summed E-state index contributed by atoms with van der Waals surface area (Å²) >= 11 is 0. The van der Waals surface area contributed by atoms with E-state index in [-0.39, 0.29) is 18.0 Å². The van der Waals surface area contributed by atoms with Crippen LogP contribution in [0.5, 0.6) is 0 Å². The van der Waals surface area contributed by atoms with Crippen molar-refractivity contribution in [2.24, 2.45) is 5.11 Å². The number of anilines is 1. The van der Waals surface area contributed by atoms with E-state index in [0.29, 0.717) is 17.9 Å². The summed E-state index contributed by atoms with van der Waals surface area (Å²) in [5.74, 6) is -0.194. The molecule has 1 atom stereocenters. The number of nitrogens with zero attached hydrogens (tertiary/aromatic N) is 5. The molecule has 0 radical (unpaired) electrons. The Bertz CT molecular complexity index is 586. The zero-order valence-corrected chi connectivity index (χ0v) is 10.1. The van der Waals surface area contributed by atoms with Crippen LogP contribution in [0.25, 0.3) is 10.4 Å². The molecule has 1 aromatic carbocycles. The first-order valence-corrected chi connectivity index (χ1v) is 6.02. The van der Waals surface area contributed by atoms with Gasteiger partial charge >= 0.3 is 6.03 Å². The second-order valence-electron chi connectivity index (χ2n) is 4.52. The van der Waals surface area contributed by atoms with E-state index in [1.54, 1.807) is 23.1 Å². The molecule has 2 aliphatic rings. The normalized spacial score (nSPS) is 21.6. The molecule has 2 aliphatic heterocycles. The third-order valence-electron chi connectivity index (χ3n) is 3.44. The molecule has 0 aromatic heterocycles. The number of fused-ring (bicyclic) bond motifs is 1. The molecule has 7 heteroatoms. The van der Waals surface area contributed by atoms with Gasteiger partial charge in [0, 0.05) is 17.1 Å². The van der Waals surface area contributed by atoms with Crippen molar-refractivity contribution in [3.63, 3.8) is 0 Å². The van der Waals surface area contributed by atoms with E-state index in [9.17, 15) is 9.59 Å². The van der Waals surface area contributed by atoms with Gasteiger partial charge in [0.15, 0.2) is 0 Å². The van der Waals surface area contributed by atoms with Gasteiger partial charge in [0.25, 0.3) is 5.91 Å². The molecule has 1 unspecified atom stereocenters. The van der Waals surface area contributed by atoms with Crippen LogP contribution in [-0.2, 0) is 4.79 Å². The smallest absolute Gasteiger partial charge is 0.312 e. The number of urea groups is 1. The third-order valence-corrected chi connectivity index (χ3v) is 3.44. The van der Waals surface area contributed by atoms with Crippen molar-refractivity contribution in [1.82, 2.24) is 4.90 Å². The van der Waals surface area contributed by atoms with Crippen LogP contribution in [0.2, 0.25) is 0 Å². The van der Waals surface area contributed by atoms with Crippen molar-refractivity contribution in [1.29, 1.82) is 0 Å². The Morgan fingerprint density at radius 2 is 2.21 bits per heavy atom. The lowest BCUT2D eigenvalue weighted by Crippen LogP contribution is -2.32. The maximum atomic E-state index is 12.2. The van der Waals surface area contributed by atoms with Crippen LogP contribution in [0.15, 0.2) is 29.4 Å². The Kier molecular flexibility index (Phi) is 2.61. The highest BCUT2D eigenvalue weighted by molar-refractivity contribution is 6.21. The lowest BCUT2D eigenvalue weighted by molar-refractivity contribution is -0.119. The van der Waals surface area contributed by atoms with Gasteiger partial charge in [-0.1, -0.05) is 17.2 Å². The Morgan fingerprint density at radius 3 is 2.95 bits per heavy atom. The molecule has 2 heterocycles. The van der Waals surface area contributed by atoms with Crippen molar-refractivity contribution in [2.45, 2.75) is 18.9 Å². The Balaban J connectivity index is 1.98. The fourth-order valence-corrected chi connectivity index (χ4v) is 2.61. The number of amides is 3. The van der Waals surface area contributed by atoms with E-state index in [1.165, 1.54) is 11.0 Å². The number of hydrogen-bond donors (Lipinski definition) is 0. The first kappa shape index (κ1) is 11.6. The van der Waals surface area contributed by atoms with Crippen molar-refractivity contribution < 1.29 is 9.59 Å². The molecule has 3 rings (SSSR count). The SMILES string of the molecule is [N-]=[N+]=Nc1cccc(N2C(=O)C3CCCN3C2=O)c1. The Morgan fingerprint density at radius 1 is 1.37 bits per heavy atom. The largest absolute Gasteiger partial charge is 0.332 e. The molecule has 7 nitrogen and oxygen atoms in total. The molecular formula is C12H11N5O2. The zero-order chi connectivity index (χ0) is 13.4. The molecule has 0 bridgehead atoms. The summed E-state index contributed by atoms with van der Waals surface area (Å²) in [7, 11) is 0. The first-order valence-electron chi connectivity index (χ1n) is 6.02. The minimum atomic E-state index is -0.323. The molecule has 2 saturated heterocycles. The summed E-state index contributed by atoms with van der Waals surface area (Å²) in [6.45, 7) is 0.627. The van der Waals surface area contributed by atoms with Crippen LogP contribution in [0.3, 0.4) is 0 Å². The highest BCUT2D eigenvalue weighted by Gasteiger charge is 2.47. The second kappa shape index (κ2) is 4.29. The van der Waals surface area contributed by atoms with Gasteiger partial charge in [-0.2, -0.15) is 0 Å². The van der Waals surface area contributed by atoms with Crippen molar-refractivity contribution in [3.05, 3.63) is 34.7 Å². The molecule has 0 saturated carbocycles. The summed E-state index contributed by atoms with van der Waals surface area (Å²) in [4.78, 5) is 29.9. The number of imide groups is 1. The lowest BCUT2D eigenvalue weighted by atomic mass is 10.2. The van der Waals surface area contributed by atoms with Crippen LogP contribution < -0.4 is 4.90 Å². The minimum absolute atomic E-state index is 0.194. The summed E-state index contributed by atoms with van der Waals surface area (Å²) in [5.41, 5.74) is 9.25. The predicted molar refractivity (Wildman–Crippen MR) is 67.9 cm³/mol. The van der Waals surface area contributed by atoms with E-state index < -0.39 is 0 Å². The van der Waals surface area contributed by atoms with E-state index in [1.807, 2.05) is 0 Å². The quantitative estimate of drug-likeness (QED) is 0.352. The average Bonchev–Trinajstić information content (AvgIpc) is 2.96. The molecule has 2 fully saturated rings. The first-order chi connectivity index (χ1) is 9.22. The van der Waals surface area contributed by atoms with Gasteiger partial charge in [0.1, 0.15) is 6.04 Å². The summed E-state index contributed by atoms with van der Waals surface area (Å²) in [5, 5.41) is 3.48. The number of carbonyl (C=O) groups excluding carboxylic acids is 2. The van der Waals surface area contributed by atoms with Gasteiger partial charge in [-0.15, -0.1) is 0 Å². The molecule has 0 N–H and O–H groups in total. The maximum absolute atomic E-state index is 12.2. The monoisotopic (exact) mass is 257 g/mol. The van der Waals surface area contributed by atoms with Crippen molar-refractivity contribution in [2.75, 3.05) is 11.4 Å². The highest BCUT2D eigenvalue weighted by Crippen LogP contribution is 2.32. The molecule has 96 valence electrons. The van der Waals surface area contributed by atoms with E-state index in [0.717, 1.165) is 12.8 Å². The van der Waals surface area contributed by atoms with Crippen LogP contribution >= 0.6 is 0 Å².